The van der Waals surface area contributed by atoms with E-state index >= 15 is 0 Å². The Labute approximate surface area is 117 Å². The van der Waals surface area contributed by atoms with Gasteiger partial charge in [-0.15, -0.1) is 0 Å². The molecule has 6 heteroatoms. The maximum atomic E-state index is 12.9. The minimum Gasteiger partial charge on any atom is -0.444 e. The van der Waals surface area contributed by atoms with Crippen molar-refractivity contribution in [1.29, 1.82) is 0 Å². The van der Waals surface area contributed by atoms with E-state index in [0.29, 0.717) is 0 Å². The van der Waals surface area contributed by atoms with Crippen LogP contribution >= 0.6 is 0 Å². The van der Waals surface area contributed by atoms with Crippen LogP contribution in [0.2, 0.25) is 0 Å². The number of alkyl carbamates (subject to hydrolysis) is 1. The van der Waals surface area contributed by atoms with E-state index in [1.807, 2.05) is 0 Å². The Morgan fingerprint density at radius 1 is 1.20 bits per heavy atom. The first-order valence-electron chi connectivity index (χ1n) is 6.28. The number of hydrogen-bond donors (Lipinski definition) is 2. The summed E-state index contributed by atoms with van der Waals surface area (Å²) in [6.45, 7) is 5.75. The Hall–Kier alpha value is -2.11. The minimum absolute atomic E-state index is 0.231. The summed E-state index contributed by atoms with van der Waals surface area (Å²) in [5.41, 5.74) is -0.322. The largest absolute Gasteiger partial charge is 0.444 e. The highest BCUT2D eigenvalue weighted by molar-refractivity contribution is 5.94. The van der Waals surface area contributed by atoms with Crippen molar-refractivity contribution in [2.75, 3.05) is 13.1 Å². The van der Waals surface area contributed by atoms with E-state index in [4.69, 9.17) is 4.74 Å². The van der Waals surface area contributed by atoms with Gasteiger partial charge in [0.2, 0.25) is 0 Å². The molecule has 0 spiro atoms. The molecular formula is C14H19FN2O3. The van der Waals surface area contributed by atoms with Gasteiger partial charge in [0.15, 0.2) is 0 Å². The summed E-state index contributed by atoms with van der Waals surface area (Å²) in [7, 11) is 0. The molecule has 0 bridgehead atoms. The molecule has 0 aliphatic rings. The second kappa shape index (κ2) is 6.88. The van der Waals surface area contributed by atoms with Crippen molar-refractivity contribution in [1.82, 2.24) is 10.6 Å². The molecule has 1 aromatic rings. The molecule has 0 aliphatic heterocycles. The van der Waals surface area contributed by atoms with Gasteiger partial charge >= 0.3 is 6.09 Å². The fraction of sp³-hybridized carbons (Fsp3) is 0.429. The van der Waals surface area contributed by atoms with E-state index in [0.717, 1.165) is 6.07 Å². The molecule has 5 nitrogen and oxygen atoms in total. The van der Waals surface area contributed by atoms with Gasteiger partial charge in [0, 0.05) is 18.7 Å². The van der Waals surface area contributed by atoms with E-state index in [2.05, 4.69) is 10.6 Å². The number of amides is 2. The van der Waals surface area contributed by atoms with Crippen molar-refractivity contribution >= 4 is 12.0 Å². The maximum absolute atomic E-state index is 12.9. The average Bonchev–Trinajstić information content (AvgIpc) is 2.32. The SMILES string of the molecule is CC(C)(C)OC(=O)NCCNC(=O)c1cccc(F)c1. The van der Waals surface area contributed by atoms with E-state index in [1.165, 1.54) is 18.2 Å². The normalized spacial score (nSPS) is 10.8. The summed E-state index contributed by atoms with van der Waals surface area (Å²) in [4.78, 5) is 23.0. The monoisotopic (exact) mass is 282 g/mol. The third kappa shape index (κ3) is 6.17. The van der Waals surface area contributed by atoms with Crippen LogP contribution in [0, 0.1) is 5.82 Å². The molecule has 0 saturated heterocycles. The number of carbonyl (C=O) groups excluding carboxylic acids is 2. The van der Waals surface area contributed by atoms with Crippen LogP contribution in [0.5, 0.6) is 0 Å². The van der Waals surface area contributed by atoms with Gasteiger partial charge in [0.25, 0.3) is 5.91 Å². The highest BCUT2D eigenvalue weighted by Gasteiger charge is 2.15. The van der Waals surface area contributed by atoms with Gasteiger partial charge in [-0.25, -0.2) is 9.18 Å². The molecule has 110 valence electrons. The molecule has 2 N–H and O–H groups in total. The quantitative estimate of drug-likeness (QED) is 0.831. The lowest BCUT2D eigenvalue weighted by Gasteiger charge is -2.19. The van der Waals surface area contributed by atoms with Crippen molar-refractivity contribution in [3.05, 3.63) is 35.6 Å². The zero-order valence-electron chi connectivity index (χ0n) is 11.8. The van der Waals surface area contributed by atoms with Gasteiger partial charge in [0.1, 0.15) is 11.4 Å². The molecular weight excluding hydrogens is 263 g/mol. The standard InChI is InChI=1S/C14H19FN2O3/c1-14(2,3)20-13(19)17-8-7-16-12(18)10-5-4-6-11(15)9-10/h4-6,9H,7-8H2,1-3H3,(H,16,18)(H,17,19). The van der Waals surface area contributed by atoms with Crippen LogP contribution in [-0.4, -0.2) is 30.7 Å². The predicted molar refractivity (Wildman–Crippen MR) is 73.0 cm³/mol. The Balaban J connectivity index is 2.28. The van der Waals surface area contributed by atoms with Crippen LogP contribution in [0.1, 0.15) is 31.1 Å². The van der Waals surface area contributed by atoms with Crippen molar-refractivity contribution in [3.8, 4) is 0 Å². The van der Waals surface area contributed by atoms with Crippen molar-refractivity contribution in [3.63, 3.8) is 0 Å². The molecule has 0 unspecified atom stereocenters. The third-order valence-electron chi connectivity index (χ3n) is 2.17. The van der Waals surface area contributed by atoms with E-state index in [-0.39, 0.29) is 18.7 Å². The van der Waals surface area contributed by atoms with Crippen LogP contribution in [0.25, 0.3) is 0 Å². The first-order chi connectivity index (χ1) is 9.28. The molecule has 0 saturated carbocycles. The van der Waals surface area contributed by atoms with Crippen molar-refractivity contribution < 1.29 is 18.7 Å². The second-order valence-corrected chi connectivity index (χ2v) is 5.19. The minimum atomic E-state index is -0.561. The van der Waals surface area contributed by atoms with Crippen molar-refractivity contribution in [2.45, 2.75) is 26.4 Å². The predicted octanol–water partition coefficient (Wildman–Crippen LogP) is 2.08. The fourth-order valence-electron chi connectivity index (χ4n) is 1.39. The van der Waals surface area contributed by atoms with Gasteiger partial charge in [0.05, 0.1) is 0 Å². The Kier molecular flexibility index (Phi) is 5.49. The third-order valence-corrected chi connectivity index (χ3v) is 2.17. The van der Waals surface area contributed by atoms with E-state index in [9.17, 15) is 14.0 Å². The summed E-state index contributed by atoms with van der Waals surface area (Å²) >= 11 is 0. The van der Waals surface area contributed by atoms with E-state index in [1.54, 1.807) is 20.8 Å². The van der Waals surface area contributed by atoms with Crippen molar-refractivity contribution in [2.24, 2.45) is 0 Å². The molecule has 0 fully saturated rings. The summed E-state index contributed by atoms with van der Waals surface area (Å²) in [5, 5.41) is 5.08. The number of rotatable bonds is 4. The Bertz CT molecular complexity index is 484. The van der Waals surface area contributed by atoms with Crippen LogP contribution in [0.4, 0.5) is 9.18 Å². The molecule has 1 rings (SSSR count). The molecule has 1 aromatic carbocycles. The van der Waals surface area contributed by atoms with E-state index < -0.39 is 23.4 Å². The number of ether oxygens (including phenoxy) is 1. The number of benzene rings is 1. The number of nitrogens with one attached hydrogen (secondary N) is 2. The molecule has 0 aliphatic carbocycles. The molecule has 2 amide bonds. The molecule has 0 aromatic heterocycles. The zero-order valence-corrected chi connectivity index (χ0v) is 11.8. The fourth-order valence-corrected chi connectivity index (χ4v) is 1.39. The number of hydrogen-bond acceptors (Lipinski definition) is 3. The smallest absolute Gasteiger partial charge is 0.407 e. The number of halogens is 1. The lowest BCUT2D eigenvalue weighted by molar-refractivity contribution is 0.0526. The molecule has 0 heterocycles. The summed E-state index contributed by atoms with van der Waals surface area (Å²) < 4.78 is 18.0. The first-order valence-corrected chi connectivity index (χ1v) is 6.28. The summed E-state index contributed by atoms with van der Waals surface area (Å²) in [6.07, 6.45) is -0.544. The maximum Gasteiger partial charge on any atom is 0.407 e. The van der Waals surface area contributed by atoms with Crippen LogP contribution in [0.15, 0.2) is 24.3 Å². The van der Waals surface area contributed by atoms with Gasteiger partial charge in [-0.1, -0.05) is 6.07 Å². The second-order valence-electron chi connectivity index (χ2n) is 5.19. The van der Waals surface area contributed by atoms with Gasteiger partial charge in [-0.2, -0.15) is 0 Å². The highest BCUT2D eigenvalue weighted by atomic mass is 19.1. The Morgan fingerprint density at radius 3 is 2.45 bits per heavy atom. The molecule has 20 heavy (non-hydrogen) atoms. The topological polar surface area (TPSA) is 67.4 Å². The lowest BCUT2D eigenvalue weighted by Crippen LogP contribution is -2.37. The van der Waals surface area contributed by atoms with Crippen LogP contribution in [-0.2, 0) is 4.74 Å². The zero-order chi connectivity index (χ0) is 15.2. The van der Waals surface area contributed by atoms with Gasteiger partial charge in [-0.3, -0.25) is 4.79 Å². The Morgan fingerprint density at radius 2 is 1.85 bits per heavy atom. The number of carbonyl (C=O) groups is 2. The first kappa shape index (κ1) is 15.9. The molecule has 0 radical (unpaired) electrons. The van der Waals surface area contributed by atoms with Crippen LogP contribution < -0.4 is 10.6 Å². The van der Waals surface area contributed by atoms with Gasteiger partial charge < -0.3 is 15.4 Å². The van der Waals surface area contributed by atoms with Crippen LogP contribution in [0.3, 0.4) is 0 Å². The molecule has 0 atom stereocenters. The highest BCUT2D eigenvalue weighted by Crippen LogP contribution is 2.06. The summed E-state index contributed by atoms with van der Waals surface area (Å²) in [6, 6.07) is 5.39. The average molecular weight is 282 g/mol. The summed E-state index contributed by atoms with van der Waals surface area (Å²) in [5.74, 6) is -0.861. The lowest BCUT2D eigenvalue weighted by atomic mass is 10.2. The van der Waals surface area contributed by atoms with Gasteiger partial charge in [-0.05, 0) is 39.0 Å².